The van der Waals surface area contributed by atoms with Gasteiger partial charge < -0.3 is 10.6 Å². The van der Waals surface area contributed by atoms with Crippen LogP contribution in [-0.4, -0.2) is 28.5 Å². The summed E-state index contributed by atoms with van der Waals surface area (Å²) in [6, 6.07) is 5.05. The minimum Gasteiger partial charge on any atom is -0.379 e. The third-order valence-corrected chi connectivity index (χ3v) is 4.14. The largest absolute Gasteiger partial charge is 0.379 e. The molecule has 0 amide bonds. The topological polar surface area (TPSA) is 80.1 Å². The Hall–Kier alpha value is -2.21. The summed E-state index contributed by atoms with van der Waals surface area (Å²) in [7, 11) is 0. The molecule has 2 N–H and O–H groups in total. The molecule has 0 aliphatic carbocycles. The van der Waals surface area contributed by atoms with Crippen LogP contribution in [0.4, 0.5) is 11.4 Å². The van der Waals surface area contributed by atoms with Gasteiger partial charge in [0.05, 0.1) is 10.3 Å². The van der Waals surface area contributed by atoms with Crippen LogP contribution in [0.25, 0.3) is 10.8 Å². The molecule has 2 aromatic rings. The van der Waals surface area contributed by atoms with E-state index in [1.54, 1.807) is 30.6 Å². The quantitative estimate of drug-likeness (QED) is 0.670. The van der Waals surface area contributed by atoms with Gasteiger partial charge in [0.15, 0.2) is 0 Å². The van der Waals surface area contributed by atoms with Gasteiger partial charge in [0.25, 0.3) is 5.69 Å². The van der Waals surface area contributed by atoms with Gasteiger partial charge in [-0.2, -0.15) is 0 Å². The Morgan fingerprint density at radius 2 is 2.05 bits per heavy atom. The molecule has 2 heterocycles. The molecule has 21 heavy (non-hydrogen) atoms. The van der Waals surface area contributed by atoms with Crippen LogP contribution in [0.2, 0.25) is 0 Å². The lowest BCUT2D eigenvalue weighted by Crippen LogP contribution is -2.45. The molecule has 0 bridgehead atoms. The van der Waals surface area contributed by atoms with Crippen LogP contribution < -0.4 is 10.6 Å². The fraction of sp³-hybridized carbons (Fsp3) is 0.400. The molecule has 1 saturated heterocycles. The van der Waals surface area contributed by atoms with E-state index < -0.39 is 0 Å². The third kappa shape index (κ3) is 2.67. The van der Waals surface area contributed by atoms with Crippen LogP contribution in [0, 0.1) is 10.1 Å². The minimum absolute atomic E-state index is 0.00412. The number of anilines is 1. The van der Waals surface area contributed by atoms with Crippen molar-refractivity contribution >= 4 is 22.1 Å². The van der Waals surface area contributed by atoms with E-state index >= 15 is 0 Å². The van der Waals surface area contributed by atoms with E-state index in [2.05, 4.69) is 22.5 Å². The fourth-order valence-electron chi connectivity index (χ4n) is 2.87. The zero-order valence-corrected chi connectivity index (χ0v) is 11.9. The lowest BCUT2D eigenvalue weighted by atomic mass is 9.90. The van der Waals surface area contributed by atoms with E-state index in [0.29, 0.717) is 5.39 Å². The molecule has 3 rings (SSSR count). The summed E-state index contributed by atoms with van der Waals surface area (Å²) in [5.41, 5.74) is 1.03. The van der Waals surface area contributed by atoms with E-state index in [-0.39, 0.29) is 16.1 Å². The predicted octanol–water partition coefficient (Wildman–Crippen LogP) is 2.70. The van der Waals surface area contributed by atoms with Crippen molar-refractivity contribution in [1.29, 1.82) is 0 Å². The highest BCUT2D eigenvalue weighted by Gasteiger charge is 2.27. The van der Waals surface area contributed by atoms with Gasteiger partial charge in [0, 0.05) is 35.1 Å². The van der Waals surface area contributed by atoms with Gasteiger partial charge in [0.2, 0.25) is 0 Å². The average Bonchev–Trinajstić information content (AvgIpc) is 2.47. The van der Waals surface area contributed by atoms with Crippen molar-refractivity contribution in [3.05, 3.63) is 40.7 Å². The number of hydrogen-bond donors (Lipinski definition) is 2. The molecule has 1 aromatic heterocycles. The highest BCUT2D eigenvalue weighted by atomic mass is 16.6. The van der Waals surface area contributed by atoms with Crippen molar-refractivity contribution in [1.82, 2.24) is 10.3 Å². The van der Waals surface area contributed by atoms with Crippen molar-refractivity contribution in [2.75, 3.05) is 18.4 Å². The van der Waals surface area contributed by atoms with Crippen molar-refractivity contribution < 1.29 is 4.92 Å². The zero-order chi connectivity index (χ0) is 14.9. The molecule has 1 aromatic carbocycles. The average molecular weight is 286 g/mol. The van der Waals surface area contributed by atoms with Crippen LogP contribution in [0.5, 0.6) is 0 Å². The number of nitro benzene ring substituents is 1. The number of fused-ring (bicyclic) bond motifs is 1. The van der Waals surface area contributed by atoms with Crippen molar-refractivity contribution in [2.45, 2.75) is 25.3 Å². The Bertz CT molecular complexity index is 680. The molecule has 0 saturated carbocycles. The summed E-state index contributed by atoms with van der Waals surface area (Å²) in [6.45, 7) is 4.15. The number of non-ortho nitro benzene ring substituents is 1. The molecule has 110 valence electrons. The lowest BCUT2D eigenvalue weighted by molar-refractivity contribution is -0.383. The van der Waals surface area contributed by atoms with Gasteiger partial charge >= 0.3 is 0 Å². The summed E-state index contributed by atoms with van der Waals surface area (Å²) in [5.74, 6) is 0. The number of nitrogens with one attached hydrogen (secondary N) is 2. The molecule has 1 aliphatic rings. The van der Waals surface area contributed by atoms with Crippen molar-refractivity contribution in [3.8, 4) is 0 Å². The van der Waals surface area contributed by atoms with Crippen molar-refractivity contribution in [3.63, 3.8) is 0 Å². The maximum atomic E-state index is 11.1. The lowest BCUT2D eigenvalue weighted by Gasteiger charge is -2.36. The van der Waals surface area contributed by atoms with Crippen LogP contribution in [0.3, 0.4) is 0 Å². The molecule has 0 radical (unpaired) electrons. The summed E-state index contributed by atoms with van der Waals surface area (Å²) in [6.07, 6.45) is 5.32. The van der Waals surface area contributed by atoms with E-state index in [4.69, 9.17) is 0 Å². The first kappa shape index (κ1) is 13.8. The molecule has 1 fully saturated rings. The van der Waals surface area contributed by atoms with Gasteiger partial charge in [-0.3, -0.25) is 15.1 Å². The Morgan fingerprint density at radius 3 is 2.76 bits per heavy atom. The van der Waals surface area contributed by atoms with Gasteiger partial charge in [-0.1, -0.05) is 0 Å². The van der Waals surface area contributed by atoms with Gasteiger partial charge in [0.1, 0.15) is 0 Å². The van der Waals surface area contributed by atoms with E-state index in [9.17, 15) is 10.1 Å². The first-order valence-corrected chi connectivity index (χ1v) is 7.09. The first-order chi connectivity index (χ1) is 10.1. The zero-order valence-electron chi connectivity index (χ0n) is 11.9. The summed E-state index contributed by atoms with van der Waals surface area (Å²) in [4.78, 5) is 14.9. The predicted molar refractivity (Wildman–Crippen MR) is 82.5 cm³/mol. The standard InChI is InChI=1S/C15H18N4O2/c1-15(5-8-16-9-6-15)18-13-2-3-14(19(20)21)11-4-7-17-10-12(11)13/h2-4,7,10,16,18H,5-6,8-9H2,1H3. The van der Waals surface area contributed by atoms with Crippen LogP contribution >= 0.6 is 0 Å². The highest BCUT2D eigenvalue weighted by Crippen LogP contribution is 2.33. The van der Waals surface area contributed by atoms with E-state index in [1.165, 1.54) is 0 Å². The second kappa shape index (κ2) is 5.29. The molecule has 0 unspecified atom stereocenters. The molecular weight excluding hydrogens is 268 g/mol. The number of hydrogen-bond acceptors (Lipinski definition) is 5. The Kier molecular flexibility index (Phi) is 3.47. The fourth-order valence-corrected chi connectivity index (χ4v) is 2.87. The number of aromatic nitrogens is 1. The maximum absolute atomic E-state index is 11.1. The van der Waals surface area contributed by atoms with E-state index in [0.717, 1.165) is 37.0 Å². The molecule has 0 spiro atoms. The van der Waals surface area contributed by atoms with Gasteiger partial charge in [-0.05, 0) is 45.0 Å². The SMILES string of the molecule is CC1(Nc2ccc([N+](=O)[O-])c3ccncc23)CCNCC1. The number of nitrogens with zero attached hydrogens (tertiary/aromatic N) is 2. The Labute approximate surface area is 122 Å². The van der Waals surface area contributed by atoms with Gasteiger partial charge in [-0.25, -0.2) is 0 Å². The Balaban J connectivity index is 2.03. The monoisotopic (exact) mass is 286 g/mol. The number of pyridine rings is 1. The van der Waals surface area contributed by atoms with Gasteiger partial charge in [-0.15, -0.1) is 0 Å². The molecule has 6 heteroatoms. The number of nitro groups is 1. The second-order valence-electron chi connectivity index (χ2n) is 5.75. The third-order valence-electron chi connectivity index (χ3n) is 4.14. The number of benzene rings is 1. The second-order valence-corrected chi connectivity index (χ2v) is 5.75. The summed E-state index contributed by atoms with van der Waals surface area (Å²) in [5, 5.41) is 19.5. The maximum Gasteiger partial charge on any atom is 0.277 e. The van der Waals surface area contributed by atoms with Crippen LogP contribution in [0.15, 0.2) is 30.6 Å². The van der Waals surface area contributed by atoms with Crippen LogP contribution in [-0.2, 0) is 0 Å². The summed E-state index contributed by atoms with van der Waals surface area (Å²) >= 11 is 0. The van der Waals surface area contributed by atoms with E-state index in [1.807, 2.05) is 0 Å². The molecular formula is C15H18N4O2. The number of piperidine rings is 1. The molecule has 0 atom stereocenters. The smallest absolute Gasteiger partial charge is 0.277 e. The molecule has 1 aliphatic heterocycles. The number of rotatable bonds is 3. The first-order valence-electron chi connectivity index (χ1n) is 7.09. The van der Waals surface area contributed by atoms with Crippen molar-refractivity contribution in [2.24, 2.45) is 0 Å². The highest BCUT2D eigenvalue weighted by molar-refractivity contribution is 5.99. The molecule has 6 nitrogen and oxygen atoms in total. The Morgan fingerprint density at radius 1 is 1.29 bits per heavy atom. The minimum atomic E-state index is -0.349. The van der Waals surface area contributed by atoms with Crippen LogP contribution in [0.1, 0.15) is 19.8 Å². The normalized spacial score (nSPS) is 17.6. The summed E-state index contributed by atoms with van der Waals surface area (Å²) < 4.78 is 0.